The highest BCUT2D eigenvalue weighted by Gasteiger charge is 2.29. The van der Waals surface area contributed by atoms with Crippen molar-refractivity contribution in [2.24, 2.45) is 0 Å². The molecule has 0 aliphatic carbocycles. The van der Waals surface area contributed by atoms with Crippen molar-refractivity contribution in [1.82, 2.24) is 15.5 Å². The van der Waals surface area contributed by atoms with E-state index in [4.69, 9.17) is 4.42 Å². The fourth-order valence-corrected chi connectivity index (χ4v) is 2.50. The van der Waals surface area contributed by atoms with Gasteiger partial charge in [0.1, 0.15) is 0 Å². The molecule has 7 heteroatoms. The maximum Gasteiger partial charge on any atom is 0.416 e. The van der Waals surface area contributed by atoms with Crippen molar-refractivity contribution in [3.05, 3.63) is 71.1 Å². The lowest BCUT2D eigenvalue weighted by molar-refractivity contribution is -0.137. The van der Waals surface area contributed by atoms with Gasteiger partial charge < -0.3 is 9.73 Å². The first-order valence-corrected chi connectivity index (χ1v) is 7.69. The number of aromatic nitrogens is 2. The highest BCUT2D eigenvalue weighted by atomic mass is 19.4. The number of nitrogens with one attached hydrogen (secondary N) is 1. The summed E-state index contributed by atoms with van der Waals surface area (Å²) >= 11 is 0. The van der Waals surface area contributed by atoms with E-state index >= 15 is 0 Å². The number of nitrogens with zero attached hydrogens (tertiary/aromatic N) is 2. The number of hydrogen-bond acceptors (Lipinski definition) is 4. The van der Waals surface area contributed by atoms with Gasteiger partial charge in [-0.05, 0) is 42.8 Å². The van der Waals surface area contributed by atoms with Crippen molar-refractivity contribution in [3.8, 4) is 11.5 Å². The zero-order valence-electron chi connectivity index (χ0n) is 13.5. The fourth-order valence-electron chi connectivity index (χ4n) is 2.50. The summed E-state index contributed by atoms with van der Waals surface area (Å²) in [4.78, 5) is 0. The van der Waals surface area contributed by atoms with Crippen LogP contribution >= 0.6 is 0 Å². The molecule has 2 aromatic carbocycles. The Morgan fingerprint density at radius 1 is 1.00 bits per heavy atom. The predicted octanol–water partition coefficient (Wildman–Crippen LogP) is 4.07. The molecule has 130 valence electrons. The first kappa shape index (κ1) is 17.2. The lowest BCUT2D eigenvalue weighted by Gasteiger charge is -2.09. The Morgan fingerprint density at radius 2 is 1.72 bits per heavy atom. The number of rotatable bonds is 5. The summed E-state index contributed by atoms with van der Waals surface area (Å²) in [6.07, 6.45) is -3.86. The zero-order valence-corrected chi connectivity index (χ0v) is 13.5. The summed E-state index contributed by atoms with van der Waals surface area (Å²) in [5.41, 5.74) is 1.80. The van der Waals surface area contributed by atoms with Gasteiger partial charge in [-0.3, -0.25) is 0 Å². The van der Waals surface area contributed by atoms with E-state index in [2.05, 4.69) is 15.5 Å². The SMILES string of the molecule is CNCc1nnc(-c2ccccc2Cc2ccc(C(F)(F)F)cc2)o1. The molecule has 25 heavy (non-hydrogen) atoms. The minimum atomic E-state index is -4.33. The van der Waals surface area contributed by atoms with Crippen LogP contribution in [-0.2, 0) is 19.1 Å². The highest BCUT2D eigenvalue weighted by molar-refractivity contribution is 5.59. The lowest BCUT2D eigenvalue weighted by Crippen LogP contribution is -2.04. The summed E-state index contributed by atoms with van der Waals surface area (Å²) in [7, 11) is 1.78. The van der Waals surface area contributed by atoms with Crippen molar-refractivity contribution < 1.29 is 17.6 Å². The van der Waals surface area contributed by atoms with Gasteiger partial charge in [0.2, 0.25) is 11.8 Å². The standard InChI is InChI=1S/C18H16F3N3O/c1-22-11-16-23-24-17(25-16)15-5-3-2-4-13(15)10-12-6-8-14(9-7-12)18(19,20)21/h2-9,22H,10-11H2,1H3. The van der Waals surface area contributed by atoms with Crippen LogP contribution in [0.15, 0.2) is 52.9 Å². The quantitative estimate of drug-likeness (QED) is 0.756. The van der Waals surface area contributed by atoms with E-state index in [9.17, 15) is 13.2 Å². The van der Waals surface area contributed by atoms with E-state index in [0.717, 1.165) is 28.8 Å². The van der Waals surface area contributed by atoms with Crippen LogP contribution in [-0.4, -0.2) is 17.2 Å². The van der Waals surface area contributed by atoms with Crippen LogP contribution in [0.3, 0.4) is 0 Å². The minimum absolute atomic E-state index is 0.396. The number of alkyl halides is 3. The molecule has 0 saturated heterocycles. The Kier molecular flexibility index (Phi) is 4.85. The van der Waals surface area contributed by atoms with Crippen LogP contribution in [0.2, 0.25) is 0 Å². The van der Waals surface area contributed by atoms with Gasteiger partial charge >= 0.3 is 6.18 Å². The molecule has 0 aliphatic heterocycles. The molecule has 0 saturated carbocycles. The summed E-state index contributed by atoms with van der Waals surface area (Å²) in [6, 6.07) is 12.6. The third-order valence-corrected chi connectivity index (χ3v) is 3.72. The molecule has 1 N–H and O–H groups in total. The van der Waals surface area contributed by atoms with Crippen molar-refractivity contribution >= 4 is 0 Å². The Hall–Kier alpha value is -2.67. The summed E-state index contributed by atoms with van der Waals surface area (Å²) in [5, 5.41) is 10.9. The summed E-state index contributed by atoms with van der Waals surface area (Å²) in [6.45, 7) is 0.466. The highest BCUT2D eigenvalue weighted by Crippen LogP contribution is 2.30. The molecular formula is C18H16F3N3O. The van der Waals surface area contributed by atoms with Crippen LogP contribution in [0.4, 0.5) is 13.2 Å². The summed E-state index contributed by atoms with van der Waals surface area (Å²) in [5.74, 6) is 0.870. The van der Waals surface area contributed by atoms with E-state index < -0.39 is 11.7 Å². The number of benzene rings is 2. The molecule has 0 bridgehead atoms. The molecule has 0 fully saturated rings. The Balaban J connectivity index is 1.85. The van der Waals surface area contributed by atoms with Gasteiger partial charge in [0.05, 0.1) is 12.1 Å². The maximum absolute atomic E-state index is 12.7. The second-order valence-corrected chi connectivity index (χ2v) is 5.56. The Bertz CT molecular complexity index is 841. The molecule has 4 nitrogen and oxygen atoms in total. The molecule has 0 unspecified atom stereocenters. The van der Waals surface area contributed by atoms with Crippen molar-refractivity contribution in [1.29, 1.82) is 0 Å². The van der Waals surface area contributed by atoms with Gasteiger partial charge in [-0.2, -0.15) is 13.2 Å². The second-order valence-electron chi connectivity index (χ2n) is 5.56. The van der Waals surface area contributed by atoms with Gasteiger partial charge in [-0.15, -0.1) is 10.2 Å². The first-order chi connectivity index (χ1) is 12.0. The second kappa shape index (κ2) is 7.06. The molecule has 0 atom stereocenters. The molecule has 3 rings (SSSR count). The minimum Gasteiger partial charge on any atom is -0.419 e. The number of hydrogen-bond donors (Lipinski definition) is 1. The van der Waals surface area contributed by atoms with E-state index in [1.807, 2.05) is 24.3 Å². The predicted molar refractivity (Wildman–Crippen MR) is 86.7 cm³/mol. The van der Waals surface area contributed by atoms with Crippen molar-refractivity contribution in [3.63, 3.8) is 0 Å². The van der Waals surface area contributed by atoms with Crippen LogP contribution in [0.25, 0.3) is 11.5 Å². The normalized spacial score (nSPS) is 11.7. The average molecular weight is 347 g/mol. The topological polar surface area (TPSA) is 51.0 Å². The Labute approximate surface area is 142 Å². The zero-order chi connectivity index (χ0) is 17.9. The van der Waals surface area contributed by atoms with Gasteiger partial charge in [-0.1, -0.05) is 30.3 Å². The van der Waals surface area contributed by atoms with Crippen LogP contribution in [0.5, 0.6) is 0 Å². The summed E-state index contributed by atoms with van der Waals surface area (Å²) < 4.78 is 43.6. The van der Waals surface area contributed by atoms with Gasteiger partial charge in [-0.25, -0.2) is 0 Å². The van der Waals surface area contributed by atoms with Crippen LogP contribution < -0.4 is 5.32 Å². The number of halogens is 3. The monoisotopic (exact) mass is 347 g/mol. The van der Waals surface area contributed by atoms with E-state index in [0.29, 0.717) is 24.7 Å². The Morgan fingerprint density at radius 3 is 2.40 bits per heavy atom. The lowest BCUT2D eigenvalue weighted by atomic mass is 9.99. The van der Waals surface area contributed by atoms with Gasteiger partial charge in [0, 0.05) is 5.56 Å². The smallest absolute Gasteiger partial charge is 0.416 e. The van der Waals surface area contributed by atoms with Crippen molar-refractivity contribution in [2.75, 3.05) is 7.05 Å². The molecule has 0 aliphatic rings. The third kappa shape index (κ3) is 4.06. The third-order valence-electron chi connectivity index (χ3n) is 3.72. The molecule has 0 amide bonds. The van der Waals surface area contributed by atoms with Crippen molar-refractivity contribution in [2.45, 2.75) is 19.1 Å². The fraction of sp³-hybridized carbons (Fsp3) is 0.222. The first-order valence-electron chi connectivity index (χ1n) is 7.69. The maximum atomic E-state index is 12.7. The molecule has 0 radical (unpaired) electrons. The van der Waals surface area contributed by atoms with Gasteiger partial charge in [0.15, 0.2) is 0 Å². The van der Waals surface area contributed by atoms with Crippen LogP contribution in [0, 0.1) is 0 Å². The van der Waals surface area contributed by atoms with E-state index in [1.54, 1.807) is 7.05 Å². The van der Waals surface area contributed by atoms with Gasteiger partial charge in [0.25, 0.3) is 0 Å². The largest absolute Gasteiger partial charge is 0.419 e. The van der Waals surface area contributed by atoms with E-state index in [1.165, 1.54) is 12.1 Å². The van der Waals surface area contributed by atoms with E-state index in [-0.39, 0.29) is 0 Å². The molecule has 0 spiro atoms. The average Bonchev–Trinajstić information content (AvgIpc) is 3.04. The molecule has 3 aromatic rings. The van der Waals surface area contributed by atoms with Crippen LogP contribution in [0.1, 0.15) is 22.6 Å². The molecule has 1 heterocycles. The molecule has 1 aromatic heterocycles. The molecular weight excluding hydrogens is 331 g/mol.